The average Bonchev–Trinajstić information content (AvgIpc) is 3.22. The highest BCUT2D eigenvalue weighted by Crippen LogP contribution is 2.67. The van der Waals surface area contributed by atoms with Gasteiger partial charge in [-0.3, -0.25) is 4.79 Å². The predicted octanol–water partition coefficient (Wildman–Crippen LogP) is 4.36. The van der Waals surface area contributed by atoms with Gasteiger partial charge in [0.2, 0.25) is 5.91 Å². The van der Waals surface area contributed by atoms with E-state index in [0.29, 0.717) is 24.2 Å². The van der Waals surface area contributed by atoms with Crippen molar-refractivity contribution in [3.63, 3.8) is 0 Å². The van der Waals surface area contributed by atoms with Gasteiger partial charge in [0.25, 0.3) is 0 Å². The maximum atomic E-state index is 12.8. The first-order chi connectivity index (χ1) is 11.7. The molecule has 5 rings (SSSR count). The summed E-state index contributed by atoms with van der Waals surface area (Å²) in [6, 6.07) is 8.85. The minimum atomic E-state index is 0.0441. The molecule has 2 saturated heterocycles. The van der Waals surface area contributed by atoms with E-state index in [-0.39, 0.29) is 10.1 Å². The van der Waals surface area contributed by atoms with Crippen LogP contribution in [0.15, 0.2) is 24.3 Å². The molecule has 0 saturated carbocycles. The number of aromatic nitrogens is 1. The van der Waals surface area contributed by atoms with Crippen LogP contribution in [0.5, 0.6) is 0 Å². The van der Waals surface area contributed by atoms with Crippen molar-refractivity contribution in [1.82, 2.24) is 9.88 Å². The van der Waals surface area contributed by atoms with Crippen LogP contribution in [0.4, 0.5) is 0 Å². The molecule has 1 aromatic carbocycles. The number of aromatic amines is 1. The molecule has 3 aliphatic rings. The van der Waals surface area contributed by atoms with Gasteiger partial charge in [-0.1, -0.05) is 31.5 Å². The Morgan fingerprint density at radius 3 is 2.79 bits per heavy atom. The number of nitrogens with zero attached hydrogens (tertiary/aromatic N) is 1. The molecule has 126 valence electrons. The van der Waals surface area contributed by atoms with Crippen LogP contribution in [0.1, 0.15) is 37.1 Å². The summed E-state index contributed by atoms with van der Waals surface area (Å²) in [5.41, 5.74) is 4.01. The van der Waals surface area contributed by atoms with Gasteiger partial charge in [0.15, 0.2) is 0 Å². The maximum Gasteiger partial charge on any atom is 0.223 e. The first kappa shape index (κ1) is 15.2. The van der Waals surface area contributed by atoms with Crippen molar-refractivity contribution in [2.45, 2.75) is 29.9 Å². The van der Waals surface area contributed by atoms with Gasteiger partial charge in [0.1, 0.15) is 4.08 Å². The number of benzene rings is 1. The number of amides is 1. The number of fused-ring (bicyclic) bond motifs is 8. The second-order valence-corrected chi connectivity index (χ2v) is 10.1. The third-order valence-electron chi connectivity index (χ3n) is 6.19. The molecular formula is C19H22N2OS2. The fourth-order valence-electron chi connectivity index (χ4n) is 5.20. The fourth-order valence-corrected chi connectivity index (χ4v) is 8.86. The van der Waals surface area contributed by atoms with E-state index in [0.717, 1.165) is 6.42 Å². The summed E-state index contributed by atoms with van der Waals surface area (Å²) in [4.78, 5) is 18.6. The molecular weight excluding hydrogens is 336 g/mol. The highest BCUT2D eigenvalue weighted by atomic mass is 32.2. The highest BCUT2D eigenvalue weighted by molar-refractivity contribution is 8.20. The van der Waals surface area contributed by atoms with Gasteiger partial charge < -0.3 is 9.88 Å². The molecule has 24 heavy (non-hydrogen) atoms. The smallest absolute Gasteiger partial charge is 0.223 e. The Bertz CT molecular complexity index is 824. The molecule has 3 nitrogen and oxygen atoms in total. The van der Waals surface area contributed by atoms with Crippen molar-refractivity contribution < 1.29 is 4.79 Å². The number of hydrogen-bond acceptors (Lipinski definition) is 3. The second kappa shape index (κ2) is 5.21. The number of rotatable bonds is 1. The first-order valence-electron chi connectivity index (χ1n) is 8.82. The molecule has 1 N–H and O–H groups in total. The molecule has 5 heteroatoms. The number of carbonyl (C=O) groups excluding carboxylic acids is 1. The molecule has 2 fully saturated rings. The monoisotopic (exact) mass is 358 g/mol. The molecule has 2 aromatic rings. The van der Waals surface area contributed by atoms with Crippen LogP contribution in [0.3, 0.4) is 0 Å². The van der Waals surface area contributed by atoms with E-state index in [9.17, 15) is 4.79 Å². The summed E-state index contributed by atoms with van der Waals surface area (Å²) in [6.45, 7) is 2.30. The molecule has 1 amide bonds. The Kier molecular flexibility index (Phi) is 3.30. The van der Waals surface area contributed by atoms with Gasteiger partial charge in [-0.25, -0.2) is 0 Å². The number of hydrogen-bond donors (Lipinski definition) is 1. The minimum absolute atomic E-state index is 0.0441. The Balaban J connectivity index is 1.86. The van der Waals surface area contributed by atoms with Gasteiger partial charge >= 0.3 is 0 Å². The normalized spacial score (nSPS) is 31.0. The number of H-pyrrole nitrogens is 1. The summed E-state index contributed by atoms with van der Waals surface area (Å²) < 4.78 is 0.0441. The van der Waals surface area contributed by atoms with E-state index < -0.39 is 0 Å². The molecule has 2 aliphatic heterocycles. The fraction of sp³-hybridized carbons (Fsp3) is 0.526. The number of likely N-dealkylation sites (tertiary alicyclic amines) is 1. The summed E-state index contributed by atoms with van der Waals surface area (Å²) >= 11 is 4.15. The van der Waals surface area contributed by atoms with E-state index in [1.54, 1.807) is 0 Å². The Morgan fingerprint density at radius 1 is 1.29 bits per heavy atom. The van der Waals surface area contributed by atoms with E-state index in [2.05, 4.69) is 59.7 Å². The molecule has 1 aliphatic carbocycles. The van der Waals surface area contributed by atoms with Crippen molar-refractivity contribution in [3.8, 4) is 0 Å². The van der Waals surface area contributed by atoms with Crippen LogP contribution in [-0.4, -0.2) is 34.3 Å². The lowest BCUT2D eigenvalue weighted by atomic mass is 9.67. The highest BCUT2D eigenvalue weighted by Gasteiger charge is 2.59. The largest absolute Gasteiger partial charge is 0.356 e. The van der Waals surface area contributed by atoms with Crippen LogP contribution >= 0.6 is 23.5 Å². The number of piperidine rings is 1. The lowest BCUT2D eigenvalue weighted by Crippen LogP contribution is -2.53. The van der Waals surface area contributed by atoms with Crippen LogP contribution in [0, 0.1) is 11.8 Å². The zero-order chi connectivity index (χ0) is 16.5. The number of para-hydroxylation sites is 1. The van der Waals surface area contributed by atoms with Crippen molar-refractivity contribution in [3.05, 3.63) is 35.5 Å². The second-order valence-electron chi connectivity index (χ2n) is 7.16. The maximum absolute atomic E-state index is 12.8. The molecule has 1 aromatic heterocycles. The van der Waals surface area contributed by atoms with Crippen LogP contribution in [0.2, 0.25) is 0 Å². The predicted molar refractivity (Wildman–Crippen MR) is 102 cm³/mol. The standard InChI is InChI=1S/C19H22N2OS2/c1-3-11-13-10-15(22)21(2)17(11)16-12-6-4-5-7-14(12)20-18(16)19(13)23-8-9-24-19/h4-7,11,13,17,20H,3,8-10H2,1-2H3/t11-,13+,17-/m1/s1. The Hall–Kier alpha value is -1.07. The summed E-state index contributed by atoms with van der Waals surface area (Å²) in [6.07, 6.45) is 1.83. The lowest BCUT2D eigenvalue weighted by Gasteiger charge is -2.54. The van der Waals surface area contributed by atoms with Crippen molar-refractivity contribution >= 4 is 40.3 Å². The number of carbonyl (C=O) groups is 1. The van der Waals surface area contributed by atoms with Gasteiger partial charge in [-0.2, -0.15) is 0 Å². The first-order valence-corrected chi connectivity index (χ1v) is 10.8. The average molecular weight is 359 g/mol. The Morgan fingerprint density at radius 2 is 2.04 bits per heavy atom. The Labute approximate surface area is 150 Å². The topological polar surface area (TPSA) is 36.1 Å². The summed E-state index contributed by atoms with van der Waals surface area (Å²) in [5, 5.41) is 1.31. The van der Waals surface area contributed by atoms with Crippen molar-refractivity contribution in [2.75, 3.05) is 18.6 Å². The van der Waals surface area contributed by atoms with E-state index >= 15 is 0 Å². The number of thioether (sulfide) groups is 2. The zero-order valence-corrected chi connectivity index (χ0v) is 15.7. The molecule has 3 atom stereocenters. The number of nitrogens with one attached hydrogen (secondary N) is 1. The third kappa shape index (κ3) is 1.75. The molecule has 0 unspecified atom stereocenters. The van der Waals surface area contributed by atoms with E-state index in [1.165, 1.54) is 33.7 Å². The van der Waals surface area contributed by atoms with Gasteiger partial charge in [0, 0.05) is 53.1 Å². The third-order valence-corrected chi connectivity index (χ3v) is 9.85. The van der Waals surface area contributed by atoms with Crippen LogP contribution in [0.25, 0.3) is 10.9 Å². The summed E-state index contributed by atoms with van der Waals surface area (Å²) in [7, 11) is 2.00. The quantitative estimate of drug-likeness (QED) is 0.823. The lowest BCUT2D eigenvalue weighted by molar-refractivity contribution is -0.141. The van der Waals surface area contributed by atoms with Gasteiger partial charge in [0.05, 0.1) is 6.04 Å². The van der Waals surface area contributed by atoms with E-state index in [4.69, 9.17) is 0 Å². The minimum Gasteiger partial charge on any atom is -0.356 e. The molecule has 0 radical (unpaired) electrons. The van der Waals surface area contributed by atoms with Crippen LogP contribution in [-0.2, 0) is 8.87 Å². The molecule has 3 heterocycles. The van der Waals surface area contributed by atoms with Crippen molar-refractivity contribution in [2.24, 2.45) is 11.8 Å². The molecule has 1 spiro atoms. The van der Waals surface area contributed by atoms with Gasteiger partial charge in [-0.05, 0) is 12.0 Å². The zero-order valence-electron chi connectivity index (χ0n) is 14.0. The molecule has 2 bridgehead atoms. The SMILES string of the molecule is CC[C@H]1[C@@H]2c3c([nH]c4ccccc34)C3(SCCS3)[C@H]1CC(=O)N2C. The van der Waals surface area contributed by atoms with E-state index in [1.807, 2.05) is 11.9 Å². The van der Waals surface area contributed by atoms with Crippen LogP contribution < -0.4 is 0 Å². The van der Waals surface area contributed by atoms with Gasteiger partial charge in [-0.15, -0.1) is 23.5 Å². The van der Waals surface area contributed by atoms with Crippen molar-refractivity contribution in [1.29, 1.82) is 0 Å². The summed E-state index contributed by atoms with van der Waals surface area (Å²) in [5.74, 6) is 3.67.